The molecule has 2 rings (SSSR count). The number of rotatable bonds is 4. The third-order valence-corrected chi connectivity index (χ3v) is 3.63. The van der Waals surface area contributed by atoms with Crippen molar-refractivity contribution in [3.05, 3.63) is 22.4 Å². The van der Waals surface area contributed by atoms with E-state index in [0.29, 0.717) is 6.04 Å². The second-order valence-electron chi connectivity index (χ2n) is 3.97. The fraction of sp³-hybridized carbons (Fsp3) is 0.636. The van der Waals surface area contributed by atoms with Gasteiger partial charge in [0.1, 0.15) is 0 Å². The molecule has 0 radical (unpaired) electrons. The van der Waals surface area contributed by atoms with E-state index in [1.54, 1.807) is 11.3 Å². The van der Waals surface area contributed by atoms with Gasteiger partial charge in [-0.2, -0.15) is 11.3 Å². The van der Waals surface area contributed by atoms with Crippen LogP contribution in [0.15, 0.2) is 16.8 Å². The average Bonchev–Trinajstić information content (AvgIpc) is 2.74. The molecule has 3 nitrogen and oxygen atoms in total. The zero-order valence-electron chi connectivity index (χ0n) is 8.85. The highest BCUT2D eigenvalue weighted by Crippen LogP contribution is 2.14. The van der Waals surface area contributed by atoms with Crippen molar-refractivity contribution in [3.63, 3.8) is 0 Å². The van der Waals surface area contributed by atoms with Crippen molar-refractivity contribution in [1.29, 1.82) is 0 Å². The number of nitrogens with zero attached hydrogens (tertiary/aromatic N) is 1. The molecule has 1 aromatic rings. The van der Waals surface area contributed by atoms with Crippen molar-refractivity contribution < 1.29 is 5.11 Å². The summed E-state index contributed by atoms with van der Waals surface area (Å²) >= 11 is 1.75. The number of hydrogen-bond donors (Lipinski definition) is 2. The van der Waals surface area contributed by atoms with Crippen LogP contribution in [-0.4, -0.2) is 42.3 Å². The highest BCUT2D eigenvalue weighted by atomic mass is 32.1. The quantitative estimate of drug-likeness (QED) is 0.801. The molecule has 2 heterocycles. The van der Waals surface area contributed by atoms with Gasteiger partial charge in [0, 0.05) is 38.8 Å². The molecule has 1 aromatic heterocycles. The van der Waals surface area contributed by atoms with Crippen LogP contribution in [0, 0.1) is 0 Å². The molecule has 1 atom stereocenters. The Balaban J connectivity index is 1.92. The molecule has 0 unspecified atom stereocenters. The largest absolute Gasteiger partial charge is 0.396 e. The Morgan fingerprint density at radius 2 is 2.53 bits per heavy atom. The Hall–Kier alpha value is -0.420. The third-order valence-electron chi connectivity index (χ3n) is 2.90. The number of aliphatic hydroxyl groups excluding tert-OH is 1. The van der Waals surface area contributed by atoms with Gasteiger partial charge in [-0.3, -0.25) is 4.90 Å². The molecular weight excluding hydrogens is 208 g/mol. The molecule has 4 heteroatoms. The second-order valence-corrected chi connectivity index (χ2v) is 4.75. The zero-order chi connectivity index (χ0) is 10.5. The van der Waals surface area contributed by atoms with Gasteiger partial charge in [-0.15, -0.1) is 0 Å². The number of nitrogens with one attached hydrogen (secondary N) is 1. The van der Waals surface area contributed by atoms with Crippen LogP contribution in [-0.2, 0) is 6.54 Å². The molecule has 84 valence electrons. The maximum absolute atomic E-state index is 9.01. The van der Waals surface area contributed by atoms with Crippen LogP contribution in [0.3, 0.4) is 0 Å². The van der Waals surface area contributed by atoms with Gasteiger partial charge in [0.2, 0.25) is 0 Å². The fourth-order valence-electron chi connectivity index (χ4n) is 2.06. The highest BCUT2D eigenvalue weighted by Gasteiger charge is 2.21. The number of piperazine rings is 1. The molecule has 0 spiro atoms. The summed E-state index contributed by atoms with van der Waals surface area (Å²) in [6.07, 6.45) is 0.872. The number of thiophene rings is 1. The molecule has 2 N–H and O–H groups in total. The smallest absolute Gasteiger partial charge is 0.0446 e. The Kier molecular flexibility index (Phi) is 4.14. The summed E-state index contributed by atoms with van der Waals surface area (Å²) < 4.78 is 0. The molecular formula is C11H18N2OS. The number of aliphatic hydroxyl groups is 1. The molecule has 0 bridgehead atoms. The van der Waals surface area contributed by atoms with Gasteiger partial charge < -0.3 is 10.4 Å². The van der Waals surface area contributed by atoms with Crippen molar-refractivity contribution in [1.82, 2.24) is 10.2 Å². The highest BCUT2D eigenvalue weighted by molar-refractivity contribution is 7.07. The Morgan fingerprint density at radius 3 is 3.27 bits per heavy atom. The van der Waals surface area contributed by atoms with Crippen molar-refractivity contribution in [2.75, 3.05) is 26.2 Å². The van der Waals surface area contributed by atoms with E-state index in [2.05, 4.69) is 27.0 Å². The van der Waals surface area contributed by atoms with Crippen molar-refractivity contribution in [2.24, 2.45) is 0 Å². The van der Waals surface area contributed by atoms with Gasteiger partial charge in [0.05, 0.1) is 0 Å². The number of hydrogen-bond acceptors (Lipinski definition) is 4. The van der Waals surface area contributed by atoms with E-state index in [1.807, 2.05) is 0 Å². The molecule has 0 aromatic carbocycles. The normalized spacial score (nSPS) is 23.1. The minimum Gasteiger partial charge on any atom is -0.396 e. The van der Waals surface area contributed by atoms with E-state index in [-0.39, 0.29) is 6.61 Å². The second kappa shape index (κ2) is 5.61. The summed E-state index contributed by atoms with van der Waals surface area (Å²) in [6, 6.07) is 2.67. The Bertz CT molecular complexity index is 274. The van der Waals surface area contributed by atoms with Crippen LogP contribution in [0.1, 0.15) is 12.0 Å². The lowest BCUT2D eigenvalue weighted by atomic mass is 10.1. The van der Waals surface area contributed by atoms with Crippen molar-refractivity contribution in [2.45, 2.75) is 19.0 Å². The van der Waals surface area contributed by atoms with Gasteiger partial charge in [-0.25, -0.2) is 0 Å². The molecule has 1 aliphatic heterocycles. The third kappa shape index (κ3) is 3.01. The van der Waals surface area contributed by atoms with E-state index in [4.69, 9.17) is 5.11 Å². The monoisotopic (exact) mass is 226 g/mol. The topological polar surface area (TPSA) is 35.5 Å². The molecule has 1 fully saturated rings. The standard InChI is InChI=1S/C11H18N2OS/c14-5-1-11-7-12-3-4-13(11)8-10-2-6-15-9-10/h2,6,9,11-12,14H,1,3-5,7-8H2/t11-/m1/s1. The first-order chi connectivity index (χ1) is 7.40. The van der Waals surface area contributed by atoms with Crippen LogP contribution in [0.4, 0.5) is 0 Å². The van der Waals surface area contributed by atoms with Gasteiger partial charge in [-0.05, 0) is 28.8 Å². The van der Waals surface area contributed by atoms with Crippen LogP contribution in [0.5, 0.6) is 0 Å². The molecule has 0 saturated carbocycles. The van der Waals surface area contributed by atoms with Crippen LogP contribution >= 0.6 is 11.3 Å². The molecule has 1 aliphatic rings. The predicted molar refractivity (Wildman–Crippen MR) is 63.1 cm³/mol. The SMILES string of the molecule is OCC[C@@H]1CNCCN1Cc1ccsc1. The fourth-order valence-corrected chi connectivity index (χ4v) is 2.72. The Morgan fingerprint density at radius 1 is 1.60 bits per heavy atom. The summed E-state index contributed by atoms with van der Waals surface area (Å²) in [5.41, 5.74) is 1.39. The minimum absolute atomic E-state index is 0.284. The molecule has 0 amide bonds. The predicted octanol–water partition coefficient (Wildman–Crippen LogP) is 0.904. The van der Waals surface area contributed by atoms with Crippen LogP contribution in [0.25, 0.3) is 0 Å². The first kappa shape index (κ1) is 11.1. The van der Waals surface area contributed by atoms with E-state index in [0.717, 1.165) is 32.6 Å². The summed E-state index contributed by atoms with van der Waals surface area (Å²) in [6.45, 7) is 4.46. The zero-order valence-corrected chi connectivity index (χ0v) is 9.67. The molecule has 15 heavy (non-hydrogen) atoms. The van der Waals surface area contributed by atoms with Gasteiger partial charge >= 0.3 is 0 Å². The summed E-state index contributed by atoms with van der Waals surface area (Å²) in [5, 5.41) is 16.7. The Labute approximate surface area is 94.7 Å². The maximum atomic E-state index is 9.01. The average molecular weight is 226 g/mol. The first-order valence-electron chi connectivity index (χ1n) is 5.47. The van der Waals surface area contributed by atoms with Crippen LogP contribution < -0.4 is 5.32 Å². The van der Waals surface area contributed by atoms with Crippen molar-refractivity contribution >= 4 is 11.3 Å². The van der Waals surface area contributed by atoms with Gasteiger partial charge in [0.15, 0.2) is 0 Å². The summed E-state index contributed by atoms with van der Waals surface area (Å²) in [4.78, 5) is 2.47. The van der Waals surface area contributed by atoms with E-state index in [1.165, 1.54) is 5.56 Å². The maximum Gasteiger partial charge on any atom is 0.0446 e. The van der Waals surface area contributed by atoms with Crippen LogP contribution in [0.2, 0.25) is 0 Å². The summed E-state index contributed by atoms with van der Waals surface area (Å²) in [7, 11) is 0. The lowest BCUT2D eigenvalue weighted by Gasteiger charge is -2.35. The van der Waals surface area contributed by atoms with Gasteiger partial charge in [0.25, 0.3) is 0 Å². The summed E-state index contributed by atoms with van der Waals surface area (Å²) in [5.74, 6) is 0. The van der Waals surface area contributed by atoms with E-state index >= 15 is 0 Å². The minimum atomic E-state index is 0.284. The molecule has 0 aliphatic carbocycles. The molecule has 1 saturated heterocycles. The van der Waals surface area contributed by atoms with Gasteiger partial charge in [-0.1, -0.05) is 0 Å². The van der Waals surface area contributed by atoms with Crippen molar-refractivity contribution in [3.8, 4) is 0 Å². The lowest BCUT2D eigenvalue weighted by Crippen LogP contribution is -2.50. The first-order valence-corrected chi connectivity index (χ1v) is 6.41. The lowest BCUT2D eigenvalue weighted by molar-refractivity contribution is 0.124. The van der Waals surface area contributed by atoms with E-state index in [9.17, 15) is 0 Å². The van der Waals surface area contributed by atoms with E-state index < -0.39 is 0 Å².